The van der Waals surface area contributed by atoms with Crippen molar-refractivity contribution in [3.8, 4) is 0 Å². The van der Waals surface area contributed by atoms with Gasteiger partial charge in [0.05, 0.1) is 12.1 Å². The number of carboxylic acid groups (broad SMARTS) is 2. The van der Waals surface area contributed by atoms with Crippen molar-refractivity contribution in [3.63, 3.8) is 0 Å². The molecule has 1 amide bonds. The van der Waals surface area contributed by atoms with Gasteiger partial charge in [-0.05, 0) is 32.1 Å². The van der Waals surface area contributed by atoms with Crippen LogP contribution < -0.4 is 11.1 Å². The number of aliphatic hydroxyl groups is 1. The number of unbranched alkanes of at least 4 members (excludes halogenated alkanes) is 3. The van der Waals surface area contributed by atoms with Crippen LogP contribution in [0.25, 0.3) is 0 Å². The summed E-state index contributed by atoms with van der Waals surface area (Å²) in [6, 6.07) is -0.931. The van der Waals surface area contributed by atoms with E-state index in [4.69, 9.17) is 15.9 Å². The summed E-state index contributed by atoms with van der Waals surface area (Å²) in [5.74, 6) is -2.49. The van der Waals surface area contributed by atoms with Crippen molar-refractivity contribution in [1.82, 2.24) is 5.32 Å². The summed E-state index contributed by atoms with van der Waals surface area (Å²) in [5, 5.41) is 29.8. The number of hydrogen-bond acceptors (Lipinski definition) is 6. The quantitative estimate of drug-likeness (QED) is 0.0977. The molecule has 0 aliphatic heterocycles. The lowest BCUT2D eigenvalue weighted by molar-refractivity contribution is -0.138. The van der Waals surface area contributed by atoms with Crippen LogP contribution in [0, 0.1) is 0 Å². The fourth-order valence-corrected chi connectivity index (χ4v) is 3.91. The maximum Gasteiger partial charge on any atom is 0.322 e. The van der Waals surface area contributed by atoms with E-state index in [0.717, 1.165) is 12.8 Å². The van der Waals surface area contributed by atoms with E-state index in [1.54, 1.807) is 12.2 Å². The van der Waals surface area contributed by atoms with Crippen LogP contribution in [0.2, 0.25) is 0 Å². The Morgan fingerprint density at radius 1 is 0.971 bits per heavy atom. The van der Waals surface area contributed by atoms with E-state index in [-0.39, 0.29) is 12.2 Å². The lowest BCUT2D eigenvalue weighted by atomic mass is 10.1. The monoisotopic (exact) mass is 496 g/mol. The molecule has 0 fully saturated rings. The summed E-state index contributed by atoms with van der Waals surface area (Å²) in [7, 11) is 0. The molecular formula is C25H40N2O6S. The molecule has 0 saturated heterocycles. The maximum atomic E-state index is 11.9. The molecule has 0 aliphatic carbocycles. The second kappa shape index (κ2) is 21.2. The number of aliphatic hydroxyl groups excluding tert-OH is 1. The average Bonchev–Trinajstić information content (AvgIpc) is 2.79. The van der Waals surface area contributed by atoms with Gasteiger partial charge in [0.1, 0.15) is 6.54 Å². The third-order valence-corrected chi connectivity index (χ3v) is 6.08. The lowest BCUT2D eigenvalue weighted by Crippen LogP contribution is -2.44. The zero-order chi connectivity index (χ0) is 25.6. The molecule has 0 aliphatic rings. The number of carbonyl (C=O) groups is 3. The van der Waals surface area contributed by atoms with E-state index in [1.165, 1.54) is 31.0 Å². The number of nitrogens with one attached hydrogen (secondary N) is 1. The predicted molar refractivity (Wildman–Crippen MR) is 138 cm³/mol. The predicted octanol–water partition coefficient (Wildman–Crippen LogP) is 3.43. The minimum absolute atomic E-state index is 0.0347. The highest BCUT2D eigenvalue weighted by molar-refractivity contribution is 8.00. The average molecular weight is 497 g/mol. The Hall–Kier alpha value is -2.36. The number of allylic oxidation sites excluding steroid dienone is 7. The van der Waals surface area contributed by atoms with Gasteiger partial charge in [-0.25, -0.2) is 0 Å². The summed E-state index contributed by atoms with van der Waals surface area (Å²) >= 11 is 1.26. The first-order chi connectivity index (χ1) is 16.3. The first-order valence-electron chi connectivity index (χ1n) is 11.7. The molecule has 6 N–H and O–H groups in total. The lowest BCUT2D eigenvalue weighted by Gasteiger charge is -2.21. The zero-order valence-corrected chi connectivity index (χ0v) is 20.8. The van der Waals surface area contributed by atoms with Crippen molar-refractivity contribution in [2.75, 3.05) is 12.3 Å². The van der Waals surface area contributed by atoms with Crippen molar-refractivity contribution in [1.29, 1.82) is 0 Å². The van der Waals surface area contributed by atoms with E-state index in [1.807, 2.05) is 24.3 Å². The fourth-order valence-electron chi connectivity index (χ4n) is 2.77. The molecule has 9 heteroatoms. The molecule has 192 valence electrons. The van der Waals surface area contributed by atoms with Crippen molar-refractivity contribution in [3.05, 3.63) is 48.6 Å². The molecule has 34 heavy (non-hydrogen) atoms. The summed E-state index contributed by atoms with van der Waals surface area (Å²) in [6.45, 7) is 1.68. The Morgan fingerprint density at radius 2 is 1.71 bits per heavy atom. The van der Waals surface area contributed by atoms with Crippen molar-refractivity contribution < 1.29 is 29.7 Å². The van der Waals surface area contributed by atoms with Crippen molar-refractivity contribution in [2.45, 2.75) is 75.7 Å². The highest BCUT2D eigenvalue weighted by Gasteiger charge is 2.21. The van der Waals surface area contributed by atoms with E-state index in [2.05, 4.69) is 24.4 Å². The molecule has 0 spiro atoms. The highest BCUT2D eigenvalue weighted by atomic mass is 32.2. The number of carbonyl (C=O) groups excluding carboxylic acids is 1. The number of nitrogens with two attached hydrogens (primary N) is 1. The summed E-state index contributed by atoms with van der Waals surface area (Å²) < 4.78 is 0. The van der Waals surface area contributed by atoms with Crippen LogP contribution in [0.15, 0.2) is 48.6 Å². The van der Waals surface area contributed by atoms with E-state index in [9.17, 15) is 19.5 Å². The van der Waals surface area contributed by atoms with Gasteiger partial charge < -0.3 is 26.4 Å². The Bertz CT molecular complexity index is 706. The molecular weight excluding hydrogens is 456 g/mol. The number of hydrogen-bond donors (Lipinski definition) is 5. The second-order valence-corrected chi connectivity index (χ2v) is 8.98. The maximum absolute atomic E-state index is 11.9. The molecule has 0 aromatic rings. The molecule has 0 heterocycles. The third kappa shape index (κ3) is 19.1. The van der Waals surface area contributed by atoms with Crippen LogP contribution in [-0.4, -0.2) is 62.9 Å². The van der Waals surface area contributed by atoms with Gasteiger partial charge in [-0.1, -0.05) is 68.4 Å². The van der Waals surface area contributed by atoms with Gasteiger partial charge in [-0.15, -0.1) is 11.8 Å². The zero-order valence-electron chi connectivity index (χ0n) is 20.0. The number of aliphatic carboxylic acids is 2. The first kappa shape index (κ1) is 31.6. The van der Waals surface area contributed by atoms with E-state index in [0.29, 0.717) is 12.8 Å². The fraction of sp³-hybridized carbons (Fsp3) is 0.560. The summed E-state index contributed by atoms with van der Waals surface area (Å²) in [5.41, 5.74) is 5.82. The summed E-state index contributed by atoms with van der Waals surface area (Å²) in [6.07, 6.45) is 21.1. The van der Waals surface area contributed by atoms with Gasteiger partial charge in [0, 0.05) is 17.4 Å². The van der Waals surface area contributed by atoms with Gasteiger partial charge in [0.15, 0.2) is 0 Å². The van der Waals surface area contributed by atoms with Gasteiger partial charge in [0.2, 0.25) is 5.91 Å². The molecule has 0 bridgehead atoms. The van der Waals surface area contributed by atoms with E-state index < -0.39 is 41.8 Å². The van der Waals surface area contributed by atoms with Crippen LogP contribution in [-0.2, 0) is 14.4 Å². The SMILES string of the molecule is CCCCC/C=C\C\C=C/C=C/C=C/[C@H](SC[C@H](N)C(=O)NCC(=O)O)[C@H](O)CCCC(=O)O. The highest BCUT2D eigenvalue weighted by Crippen LogP contribution is 2.21. The Kier molecular flexibility index (Phi) is 19.7. The minimum Gasteiger partial charge on any atom is -0.481 e. The Labute approximate surface area is 207 Å². The Morgan fingerprint density at radius 3 is 2.38 bits per heavy atom. The van der Waals surface area contributed by atoms with Crippen LogP contribution in [0.1, 0.15) is 58.3 Å². The third-order valence-electron chi connectivity index (χ3n) is 4.67. The summed E-state index contributed by atoms with van der Waals surface area (Å²) in [4.78, 5) is 33.2. The van der Waals surface area contributed by atoms with E-state index >= 15 is 0 Å². The van der Waals surface area contributed by atoms with Gasteiger partial charge in [-0.2, -0.15) is 0 Å². The molecule has 3 atom stereocenters. The molecule has 0 unspecified atom stereocenters. The number of thioether (sulfide) groups is 1. The number of rotatable bonds is 20. The molecule has 0 aromatic carbocycles. The molecule has 0 saturated carbocycles. The molecule has 8 nitrogen and oxygen atoms in total. The topological polar surface area (TPSA) is 150 Å². The van der Waals surface area contributed by atoms with Gasteiger partial charge in [-0.3, -0.25) is 14.4 Å². The number of amides is 1. The molecule has 0 aromatic heterocycles. The van der Waals surface area contributed by atoms with Crippen molar-refractivity contribution in [2.24, 2.45) is 5.73 Å². The largest absolute Gasteiger partial charge is 0.481 e. The van der Waals surface area contributed by atoms with Crippen LogP contribution in [0.4, 0.5) is 0 Å². The van der Waals surface area contributed by atoms with Crippen molar-refractivity contribution >= 4 is 29.6 Å². The van der Waals surface area contributed by atoms with Crippen LogP contribution >= 0.6 is 11.8 Å². The normalized spacial score (nSPS) is 14.8. The van der Waals surface area contributed by atoms with Gasteiger partial charge >= 0.3 is 11.9 Å². The second-order valence-electron chi connectivity index (χ2n) is 7.77. The van der Waals surface area contributed by atoms with Gasteiger partial charge in [0.25, 0.3) is 0 Å². The molecule has 0 radical (unpaired) electrons. The van der Waals surface area contributed by atoms with Crippen LogP contribution in [0.5, 0.6) is 0 Å². The van der Waals surface area contributed by atoms with Crippen LogP contribution in [0.3, 0.4) is 0 Å². The smallest absolute Gasteiger partial charge is 0.322 e. The Balaban J connectivity index is 4.70. The minimum atomic E-state index is -1.16. The number of carboxylic acids is 2. The standard InChI is InChI=1S/C25H40N2O6S/c1-2-3-4-5-6-7-8-9-10-11-12-13-16-22(21(28)15-14-17-23(29)30)34-19-20(26)25(33)27-18-24(31)32/h6-7,9-13,16,20-22,28H,2-5,8,14-15,17-19,26H2,1H3,(H,27,33)(H,29,30)(H,31,32)/b7-6-,10-9-,12-11+,16-13+/t20-,21+,22-/m0/s1. The molecule has 0 rings (SSSR count). The first-order valence-corrected chi connectivity index (χ1v) is 12.7.